The molecule has 1 unspecified atom stereocenters. The summed E-state index contributed by atoms with van der Waals surface area (Å²) in [6, 6.07) is 13.7. The molecule has 1 aromatic heterocycles. The summed E-state index contributed by atoms with van der Waals surface area (Å²) in [6.07, 6.45) is 2.15. The molecule has 1 aliphatic carbocycles. The Morgan fingerprint density at radius 3 is 2.58 bits per heavy atom. The van der Waals surface area contributed by atoms with E-state index in [1.54, 1.807) is 6.07 Å². The van der Waals surface area contributed by atoms with Crippen LogP contribution in [0, 0.1) is 13.8 Å². The van der Waals surface area contributed by atoms with Crippen LogP contribution in [0.1, 0.15) is 42.8 Å². The highest BCUT2D eigenvalue weighted by molar-refractivity contribution is 8.00. The molecule has 0 saturated heterocycles. The molecule has 0 radical (unpaired) electrons. The highest BCUT2D eigenvalue weighted by Crippen LogP contribution is 2.40. The van der Waals surface area contributed by atoms with Crippen LogP contribution in [0.4, 0.5) is 5.69 Å². The number of hydrogen-bond donors (Lipinski definition) is 1. The van der Waals surface area contributed by atoms with E-state index in [4.69, 9.17) is 16.3 Å². The number of halogens is 1. The lowest BCUT2D eigenvalue weighted by atomic mass is 10.1. The van der Waals surface area contributed by atoms with E-state index in [1.165, 1.54) is 11.8 Å². The smallest absolute Gasteiger partial charge is 0.237 e. The van der Waals surface area contributed by atoms with Gasteiger partial charge in [-0.05, 0) is 56.9 Å². The van der Waals surface area contributed by atoms with Crippen LogP contribution in [0.25, 0.3) is 0 Å². The fraction of sp³-hybridized carbons (Fsp3) is 0.348. The van der Waals surface area contributed by atoms with Gasteiger partial charge in [0.25, 0.3) is 0 Å². The summed E-state index contributed by atoms with van der Waals surface area (Å²) in [5, 5.41) is 12.7. The predicted molar refractivity (Wildman–Crippen MR) is 124 cm³/mol. The fourth-order valence-corrected chi connectivity index (χ4v) is 4.47. The molecule has 1 atom stereocenters. The van der Waals surface area contributed by atoms with E-state index in [2.05, 4.69) is 20.1 Å². The molecule has 4 rings (SSSR count). The van der Waals surface area contributed by atoms with E-state index in [9.17, 15) is 4.79 Å². The van der Waals surface area contributed by atoms with Gasteiger partial charge in [-0.1, -0.05) is 53.7 Å². The highest BCUT2D eigenvalue weighted by Gasteiger charge is 2.31. The van der Waals surface area contributed by atoms with Crippen molar-refractivity contribution < 1.29 is 9.53 Å². The van der Waals surface area contributed by atoms with E-state index >= 15 is 0 Å². The summed E-state index contributed by atoms with van der Waals surface area (Å²) in [7, 11) is 0. The number of hydrogen-bond acceptors (Lipinski definition) is 5. The number of aryl methyl sites for hydroxylation is 2. The average Bonchev–Trinajstić information content (AvgIpc) is 3.51. The first-order chi connectivity index (χ1) is 14.9. The molecule has 31 heavy (non-hydrogen) atoms. The van der Waals surface area contributed by atoms with Gasteiger partial charge < -0.3 is 10.1 Å². The summed E-state index contributed by atoms with van der Waals surface area (Å²) < 4.78 is 7.97. The van der Waals surface area contributed by atoms with Gasteiger partial charge in [-0.2, -0.15) is 0 Å². The molecule has 1 N–H and O–H groups in total. The number of nitrogens with one attached hydrogen (secondary N) is 1. The monoisotopic (exact) mass is 456 g/mol. The minimum Gasteiger partial charge on any atom is -0.484 e. The number of nitrogens with zero attached hydrogens (tertiary/aromatic N) is 3. The molecule has 3 aromatic rings. The van der Waals surface area contributed by atoms with Gasteiger partial charge in [-0.15, -0.1) is 10.2 Å². The molecular formula is C23H25ClN4O2S. The number of carbonyl (C=O) groups excluding carboxylic acids is 1. The van der Waals surface area contributed by atoms with Crippen LogP contribution in [0.2, 0.25) is 5.02 Å². The van der Waals surface area contributed by atoms with Crippen molar-refractivity contribution in [3.05, 3.63) is 64.4 Å². The summed E-state index contributed by atoms with van der Waals surface area (Å²) in [5.74, 6) is 1.30. The predicted octanol–water partition coefficient (Wildman–Crippen LogP) is 5.58. The SMILES string of the molecule is Cc1cccc(C)c1NC(=O)C(C)Sc1nnc(COc2ccccc2Cl)n1C1CC1. The Hall–Kier alpha value is -2.51. The van der Waals surface area contributed by atoms with Crippen LogP contribution in [0.3, 0.4) is 0 Å². The van der Waals surface area contributed by atoms with Gasteiger partial charge in [0.2, 0.25) is 5.91 Å². The maximum absolute atomic E-state index is 12.8. The molecule has 1 heterocycles. The molecule has 0 bridgehead atoms. The lowest BCUT2D eigenvalue weighted by Crippen LogP contribution is -2.24. The van der Waals surface area contributed by atoms with E-state index in [0.717, 1.165) is 40.6 Å². The third-order valence-electron chi connectivity index (χ3n) is 5.22. The van der Waals surface area contributed by atoms with Crippen LogP contribution in [-0.2, 0) is 11.4 Å². The van der Waals surface area contributed by atoms with Gasteiger partial charge in [0, 0.05) is 11.7 Å². The second-order valence-corrected chi connectivity index (χ2v) is 9.45. The minimum atomic E-state index is -0.321. The molecule has 162 valence electrons. The maximum Gasteiger partial charge on any atom is 0.237 e. The van der Waals surface area contributed by atoms with Crippen molar-refractivity contribution in [3.63, 3.8) is 0 Å². The van der Waals surface area contributed by atoms with Gasteiger partial charge >= 0.3 is 0 Å². The lowest BCUT2D eigenvalue weighted by molar-refractivity contribution is -0.115. The van der Waals surface area contributed by atoms with Gasteiger partial charge in [0.15, 0.2) is 11.0 Å². The van der Waals surface area contributed by atoms with Crippen LogP contribution in [-0.4, -0.2) is 25.9 Å². The van der Waals surface area contributed by atoms with Crippen molar-refractivity contribution in [1.82, 2.24) is 14.8 Å². The maximum atomic E-state index is 12.8. The van der Waals surface area contributed by atoms with E-state index < -0.39 is 0 Å². The molecule has 1 amide bonds. The first kappa shape index (κ1) is 21.7. The minimum absolute atomic E-state index is 0.0541. The Kier molecular flexibility index (Phi) is 6.53. The molecule has 1 fully saturated rings. The topological polar surface area (TPSA) is 69.0 Å². The van der Waals surface area contributed by atoms with Crippen molar-refractivity contribution in [3.8, 4) is 5.75 Å². The second-order valence-electron chi connectivity index (χ2n) is 7.74. The van der Waals surface area contributed by atoms with Crippen LogP contribution in [0.15, 0.2) is 47.6 Å². The molecule has 6 nitrogen and oxygen atoms in total. The lowest BCUT2D eigenvalue weighted by Gasteiger charge is -2.16. The zero-order valence-electron chi connectivity index (χ0n) is 17.8. The highest BCUT2D eigenvalue weighted by atomic mass is 35.5. The summed E-state index contributed by atoms with van der Waals surface area (Å²) in [6.45, 7) is 6.15. The van der Waals surface area contributed by atoms with Crippen molar-refractivity contribution in [2.45, 2.75) is 56.7 Å². The third kappa shape index (κ3) is 5.05. The zero-order valence-corrected chi connectivity index (χ0v) is 19.3. The van der Waals surface area contributed by atoms with Crippen molar-refractivity contribution in [1.29, 1.82) is 0 Å². The summed E-state index contributed by atoms with van der Waals surface area (Å²) in [4.78, 5) is 12.8. The van der Waals surface area contributed by atoms with E-state index in [1.807, 2.05) is 57.2 Å². The first-order valence-corrected chi connectivity index (χ1v) is 11.5. The van der Waals surface area contributed by atoms with Crippen molar-refractivity contribution in [2.75, 3.05) is 5.32 Å². The fourth-order valence-electron chi connectivity index (χ4n) is 3.34. The number of rotatable bonds is 8. The van der Waals surface area contributed by atoms with Gasteiger partial charge in [0.1, 0.15) is 12.4 Å². The second kappa shape index (κ2) is 9.32. The van der Waals surface area contributed by atoms with Gasteiger partial charge in [-0.25, -0.2) is 0 Å². The van der Waals surface area contributed by atoms with Crippen LogP contribution >= 0.6 is 23.4 Å². The third-order valence-corrected chi connectivity index (χ3v) is 6.59. The van der Waals surface area contributed by atoms with Crippen LogP contribution in [0.5, 0.6) is 5.75 Å². The molecule has 1 aliphatic rings. The largest absolute Gasteiger partial charge is 0.484 e. The molecular weight excluding hydrogens is 432 g/mol. The number of aromatic nitrogens is 3. The average molecular weight is 457 g/mol. The standard InChI is InChI=1S/C23H25ClN4O2S/c1-14-7-6-8-15(2)21(14)25-22(29)16(3)31-23-27-26-20(28(23)17-11-12-17)13-30-19-10-5-4-9-18(19)24/h4-10,16-17H,11-13H2,1-3H3,(H,25,29). The molecule has 1 saturated carbocycles. The van der Waals surface area contributed by atoms with Gasteiger partial charge in [0.05, 0.1) is 10.3 Å². The quantitative estimate of drug-likeness (QED) is 0.448. The summed E-state index contributed by atoms with van der Waals surface area (Å²) >= 11 is 7.61. The Morgan fingerprint density at radius 1 is 1.19 bits per heavy atom. The van der Waals surface area contributed by atoms with Crippen LogP contribution < -0.4 is 10.1 Å². The number of ether oxygens (including phenoxy) is 1. The normalized spacial score (nSPS) is 14.3. The van der Waals surface area contributed by atoms with Crippen molar-refractivity contribution >= 4 is 35.0 Å². The Bertz CT molecular complexity index is 1080. The Labute approximate surface area is 191 Å². The number of anilines is 1. The first-order valence-electron chi connectivity index (χ1n) is 10.3. The van der Waals surface area contributed by atoms with E-state index in [-0.39, 0.29) is 17.8 Å². The number of benzene rings is 2. The van der Waals surface area contributed by atoms with Crippen molar-refractivity contribution in [2.24, 2.45) is 0 Å². The number of para-hydroxylation sites is 2. The summed E-state index contributed by atoms with van der Waals surface area (Å²) in [5.41, 5.74) is 2.97. The Balaban J connectivity index is 1.46. The number of carbonyl (C=O) groups is 1. The molecule has 8 heteroatoms. The number of thioether (sulfide) groups is 1. The molecule has 0 spiro atoms. The number of amides is 1. The molecule has 2 aromatic carbocycles. The van der Waals surface area contributed by atoms with Gasteiger partial charge in [-0.3, -0.25) is 9.36 Å². The van der Waals surface area contributed by atoms with E-state index in [0.29, 0.717) is 16.8 Å². The Morgan fingerprint density at radius 2 is 1.90 bits per heavy atom. The molecule has 0 aliphatic heterocycles. The zero-order chi connectivity index (χ0) is 22.0.